The summed E-state index contributed by atoms with van der Waals surface area (Å²) >= 11 is 5.16. The van der Waals surface area contributed by atoms with E-state index in [4.69, 9.17) is 4.74 Å². The molecule has 0 aromatic carbocycles. The molecule has 1 amide bonds. The molecule has 1 aromatic rings. The molecule has 0 fully saturated rings. The summed E-state index contributed by atoms with van der Waals surface area (Å²) in [5, 5.41) is 2.75. The fourth-order valence-corrected chi connectivity index (χ4v) is 2.78. The van der Waals surface area contributed by atoms with E-state index in [-0.39, 0.29) is 6.09 Å². The van der Waals surface area contributed by atoms with Gasteiger partial charge < -0.3 is 10.1 Å². The van der Waals surface area contributed by atoms with Gasteiger partial charge in [0.2, 0.25) is 0 Å². The number of carbonyl (C=O) groups excluding carboxylic acids is 1. The maximum absolute atomic E-state index is 11.3. The molecule has 1 rings (SSSR count). The number of halogens is 1. The van der Waals surface area contributed by atoms with Crippen molar-refractivity contribution in [2.75, 3.05) is 6.54 Å². The van der Waals surface area contributed by atoms with Gasteiger partial charge in [0.25, 0.3) is 0 Å². The second-order valence-corrected chi connectivity index (χ2v) is 7.29. The third-order valence-electron chi connectivity index (χ3n) is 1.90. The summed E-state index contributed by atoms with van der Waals surface area (Å²) in [5.41, 5.74) is -0.428. The molecule has 17 heavy (non-hydrogen) atoms. The van der Waals surface area contributed by atoms with E-state index in [1.807, 2.05) is 26.8 Å². The largest absolute Gasteiger partial charge is 0.444 e. The first-order chi connectivity index (χ1) is 7.87. The molecule has 0 aliphatic carbocycles. The van der Waals surface area contributed by atoms with Crippen molar-refractivity contribution in [3.63, 3.8) is 0 Å². The number of ether oxygens (including phenoxy) is 1. The third-order valence-corrected chi connectivity index (χ3v) is 3.58. The van der Waals surface area contributed by atoms with Gasteiger partial charge in [0.1, 0.15) is 5.60 Å². The molecule has 0 aliphatic rings. The Morgan fingerprint density at radius 3 is 2.71 bits per heavy atom. The molecule has 0 radical (unpaired) electrons. The Hall–Kier alpha value is -0.550. The highest BCUT2D eigenvalue weighted by Gasteiger charge is 2.15. The van der Waals surface area contributed by atoms with E-state index in [1.54, 1.807) is 11.3 Å². The van der Waals surface area contributed by atoms with Gasteiger partial charge in [-0.2, -0.15) is 0 Å². The summed E-state index contributed by atoms with van der Waals surface area (Å²) in [5.74, 6) is 0. The molecule has 0 aliphatic heterocycles. The Balaban J connectivity index is 2.14. The van der Waals surface area contributed by atoms with Gasteiger partial charge in [-0.3, -0.25) is 0 Å². The lowest BCUT2D eigenvalue weighted by Gasteiger charge is -2.19. The predicted octanol–water partition coefficient (Wildman–Crippen LogP) is 3.97. The van der Waals surface area contributed by atoms with Gasteiger partial charge in [0.05, 0.1) is 3.79 Å². The monoisotopic (exact) mass is 319 g/mol. The number of thiophene rings is 1. The maximum atomic E-state index is 11.3. The summed E-state index contributed by atoms with van der Waals surface area (Å²) in [6.45, 7) is 6.21. The normalized spacial score (nSPS) is 11.3. The fourth-order valence-electron chi connectivity index (χ4n) is 1.25. The molecule has 1 heterocycles. The first kappa shape index (κ1) is 14.5. The zero-order valence-electron chi connectivity index (χ0n) is 10.4. The van der Waals surface area contributed by atoms with Crippen molar-refractivity contribution in [2.45, 2.75) is 39.2 Å². The fraction of sp³-hybridized carbons (Fsp3) is 0.583. The lowest BCUT2D eigenvalue weighted by atomic mass is 10.2. The van der Waals surface area contributed by atoms with E-state index >= 15 is 0 Å². The molecule has 0 spiro atoms. The van der Waals surface area contributed by atoms with Crippen molar-refractivity contribution in [3.05, 3.63) is 20.8 Å². The van der Waals surface area contributed by atoms with Crippen molar-refractivity contribution in [3.8, 4) is 0 Å². The first-order valence-electron chi connectivity index (χ1n) is 5.58. The molecule has 3 nitrogen and oxygen atoms in total. The van der Waals surface area contributed by atoms with Crippen molar-refractivity contribution in [1.29, 1.82) is 0 Å². The molecular formula is C12H18BrNO2S. The van der Waals surface area contributed by atoms with Crippen molar-refractivity contribution >= 4 is 33.4 Å². The molecule has 0 bridgehead atoms. The van der Waals surface area contributed by atoms with Crippen LogP contribution in [-0.4, -0.2) is 18.2 Å². The molecule has 0 atom stereocenters. The minimum atomic E-state index is -0.428. The van der Waals surface area contributed by atoms with Crippen LogP contribution >= 0.6 is 27.3 Å². The second kappa shape index (κ2) is 6.40. The summed E-state index contributed by atoms with van der Waals surface area (Å²) in [7, 11) is 0. The van der Waals surface area contributed by atoms with Gasteiger partial charge in [-0.25, -0.2) is 4.79 Å². The summed E-state index contributed by atoms with van der Waals surface area (Å²) in [6.07, 6.45) is 1.56. The molecular weight excluding hydrogens is 302 g/mol. The number of hydrogen-bond acceptors (Lipinski definition) is 3. The van der Waals surface area contributed by atoms with Gasteiger partial charge in [-0.05, 0) is 61.7 Å². The molecule has 5 heteroatoms. The molecule has 1 N–H and O–H groups in total. The number of aryl methyl sites for hydroxylation is 1. The van der Waals surface area contributed by atoms with E-state index in [9.17, 15) is 4.79 Å². The van der Waals surface area contributed by atoms with Crippen LogP contribution in [0.2, 0.25) is 0 Å². The summed E-state index contributed by atoms with van der Waals surface area (Å²) < 4.78 is 6.29. The SMILES string of the molecule is CC(C)(C)OC(=O)NCCCc1ccc(Br)s1. The Morgan fingerprint density at radius 2 is 2.18 bits per heavy atom. The highest BCUT2D eigenvalue weighted by Crippen LogP contribution is 2.22. The number of rotatable bonds is 4. The Kier molecular flexibility index (Phi) is 5.46. The number of amides is 1. The average Bonchev–Trinajstić information content (AvgIpc) is 2.56. The van der Waals surface area contributed by atoms with Crippen LogP contribution in [0.3, 0.4) is 0 Å². The Labute approximate surface area is 115 Å². The highest BCUT2D eigenvalue weighted by molar-refractivity contribution is 9.11. The van der Waals surface area contributed by atoms with Crippen LogP contribution in [0.15, 0.2) is 15.9 Å². The van der Waals surface area contributed by atoms with Crippen LogP contribution in [0, 0.1) is 0 Å². The number of nitrogens with one attached hydrogen (secondary N) is 1. The first-order valence-corrected chi connectivity index (χ1v) is 7.19. The number of hydrogen-bond donors (Lipinski definition) is 1. The van der Waals surface area contributed by atoms with E-state index in [0.29, 0.717) is 6.54 Å². The molecule has 0 saturated heterocycles. The quantitative estimate of drug-likeness (QED) is 0.853. The van der Waals surface area contributed by atoms with Crippen LogP contribution in [0.5, 0.6) is 0 Å². The summed E-state index contributed by atoms with van der Waals surface area (Å²) in [4.78, 5) is 12.7. The number of alkyl carbamates (subject to hydrolysis) is 1. The zero-order valence-corrected chi connectivity index (χ0v) is 12.8. The molecule has 96 valence electrons. The van der Waals surface area contributed by atoms with Crippen LogP contribution < -0.4 is 5.32 Å². The standard InChI is InChI=1S/C12H18BrNO2S/c1-12(2,3)16-11(15)14-8-4-5-9-6-7-10(13)17-9/h6-7H,4-5,8H2,1-3H3,(H,14,15). The minimum absolute atomic E-state index is 0.343. The van der Waals surface area contributed by atoms with Crippen molar-refractivity contribution in [1.82, 2.24) is 5.32 Å². The van der Waals surface area contributed by atoms with Gasteiger partial charge in [0, 0.05) is 11.4 Å². The minimum Gasteiger partial charge on any atom is -0.444 e. The second-order valence-electron chi connectivity index (χ2n) is 4.74. The van der Waals surface area contributed by atoms with Crippen LogP contribution in [0.4, 0.5) is 4.79 Å². The Morgan fingerprint density at radius 1 is 1.47 bits per heavy atom. The van der Waals surface area contributed by atoms with Gasteiger partial charge in [-0.1, -0.05) is 0 Å². The van der Waals surface area contributed by atoms with Crippen LogP contribution in [0.1, 0.15) is 32.1 Å². The van der Waals surface area contributed by atoms with Crippen LogP contribution in [-0.2, 0) is 11.2 Å². The van der Waals surface area contributed by atoms with E-state index < -0.39 is 5.60 Å². The molecule has 1 aromatic heterocycles. The lowest BCUT2D eigenvalue weighted by molar-refractivity contribution is 0.0527. The van der Waals surface area contributed by atoms with Crippen molar-refractivity contribution < 1.29 is 9.53 Å². The van der Waals surface area contributed by atoms with E-state index in [2.05, 4.69) is 27.3 Å². The maximum Gasteiger partial charge on any atom is 0.407 e. The lowest BCUT2D eigenvalue weighted by Crippen LogP contribution is -2.33. The predicted molar refractivity (Wildman–Crippen MR) is 74.6 cm³/mol. The Bertz CT molecular complexity index is 371. The van der Waals surface area contributed by atoms with Gasteiger partial charge in [-0.15, -0.1) is 11.3 Å². The van der Waals surface area contributed by atoms with Gasteiger partial charge >= 0.3 is 6.09 Å². The number of carbonyl (C=O) groups is 1. The topological polar surface area (TPSA) is 38.3 Å². The molecule has 0 unspecified atom stereocenters. The third kappa shape index (κ3) is 6.68. The van der Waals surface area contributed by atoms with Crippen LogP contribution in [0.25, 0.3) is 0 Å². The van der Waals surface area contributed by atoms with Gasteiger partial charge in [0.15, 0.2) is 0 Å². The van der Waals surface area contributed by atoms with E-state index in [0.717, 1.165) is 16.6 Å². The van der Waals surface area contributed by atoms with Crippen molar-refractivity contribution in [2.24, 2.45) is 0 Å². The highest BCUT2D eigenvalue weighted by atomic mass is 79.9. The summed E-state index contributed by atoms with van der Waals surface area (Å²) in [6, 6.07) is 4.14. The smallest absolute Gasteiger partial charge is 0.407 e. The molecule has 0 saturated carbocycles. The average molecular weight is 320 g/mol. The van der Waals surface area contributed by atoms with E-state index in [1.165, 1.54) is 4.88 Å². The zero-order chi connectivity index (χ0) is 12.9.